The molecular formula is C17H23NO4. The number of furan rings is 1. The van der Waals surface area contributed by atoms with Crippen LogP contribution in [-0.4, -0.2) is 35.0 Å². The number of rotatable bonds is 3. The fraction of sp³-hybridized carbons (Fsp3) is 0.647. The van der Waals surface area contributed by atoms with E-state index in [-0.39, 0.29) is 23.2 Å². The highest BCUT2D eigenvalue weighted by molar-refractivity contribution is 5.95. The molecule has 5 heteroatoms. The van der Waals surface area contributed by atoms with Crippen molar-refractivity contribution in [3.05, 3.63) is 23.2 Å². The lowest BCUT2D eigenvalue weighted by atomic mass is 9.90. The quantitative estimate of drug-likeness (QED) is 0.931. The summed E-state index contributed by atoms with van der Waals surface area (Å²) in [4.78, 5) is 25.6. The molecule has 1 saturated heterocycles. The van der Waals surface area contributed by atoms with E-state index in [1.807, 2.05) is 31.7 Å². The summed E-state index contributed by atoms with van der Waals surface area (Å²) < 4.78 is 5.66. The number of hydrogen-bond donors (Lipinski definition) is 1. The second-order valence-electron chi connectivity index (χ2n) is 7.02. The van der Waals surface area contributed by atoms with Crippen LogP contribution in [0.2, 0.25) is 0 Å². The zero-order valence-electron chi connectivity index (χ0n) is 13.4. The van der Waals surface area contributed by atoms with Crippen LogP contribution in [0, 0.1) is 18.3 Å². The van der Waals surface area contributed by atoms with Crippen molar-refractivity contribution in [3.8, 4) is 0 Å². The molecule has 2 aliphatic rings. The normalized spacial score (nSPS) is 23.1. The van der Waals surface area contributed by atoms with Crippen LogP contribution in [0.5, 0.6) is 0 Å². The summed E-state index contributed by atoms with van der Waals surface area (Å²) in [6, 6.07) is 1.85. The highest BCUT2D eigenvalue weighted by Gasteiger charge is 2.59. The van der Waals surface area contributed by atoms with Gasteiger partial charge in [0.25, 0.3) is 5.91 Å². The third-order valence-electron chi connectivity index (χ3n) is 5.27. The molecule has 0 aromatic carbocycles. The van der Waals surface area contributed by atoms with Gasteiger partial charge in [0.1, 0.15) is 11.5 Å². The van der Waals surface area contributed by atoms with Crippen molar-refractivity contribution < 1.29 is 19.1 Å². The SMILES string of the molecule is Cc1oc(C(C)C)cc1C(=O)N1CCC2(CC1)CC2C(=O)O. The lowest BCUT2D eigenvalue weighted by Gasteiger charge is -2.32. The predicted octanol–water partition coefficient (Wildman–Crippen LogP) is 3.04. The highest BCUT2D eigenvalue weighted by Crippen LogP contribution is 2.59. The van der Waals surface area contributed by atoms with Crippen molar-refractivity contribution >= 4 is 11.9 Å². The molecule has 1 amide bonds. The van der Waals surface area contributed by atoms with Crippen molar-refractivity contribution in [1.82, 2.24) is 4.90 Å². The molecule has 22 heavy (non-hydrogen) atoms. The summed E-state index contributed by atoms with van der Waals surface area (Å²) in [5.74, 6) is 0.884. The van der Waals surface area contributed by atoms with Crippen LogP contribution in [-0.2, 0) is 4.79 Å². The summed E-state index contributed by atoms with van der Waals surface area (Å²) in [6.07, 6.45) is 2.36. The van der Waals surface area contributed by atoms with Gasteiger partial charge in [-0.25, -0.2) is 0 Å². The largest absolute Gasteiger partial charge is 0.481 e. The van der Waals surface area contributed by atoms with Gasteiger partial charge in [-0.05, 0) is 37.7 Å². The highest BCUT2D eigenvalue weighted by atomic mass is 16.4. The topological polar surface area (TPSA) is 70.8 Å². The maximum Gasteiger partial charge on any atom is 0.307 e. The van der Waals surface area contributed by atoms with E-state index in [0.717, 1.165) is 25.0 Å². The number of hydrogen-bond acceptors (Lipinski definition) is 3. The summed E-state index contributed by atoms with van der Waals surface area (Å²) >= 11 is 0. The van der Waals surface area contributed by atoms with E-state index in [4.69, 9.17) is 9.52 Å². The summed E-state index contributed by atoms with van der Waals surface area (Å²) in [5.41, 5.74) is 0.599. The van der Waals surface area contributed by atoms with Gasteiger partial charge in [-0.1, -0.05) is 13.8 Å². The Bertz CT molecular complexity index is 608. The van der Waals surface area contributed by atoms with Gasteiger partial charge in [0.05, 0.1) is 11.5 Å². The first-order valence-corrected chi connectivity index (χ1v) is 7.96. The second-order valence-corrected chi connectivity index (χ2v) is 7.02. The van der Waals surface area contributed by atoms with Crippen LogP contribution in [0.1, 0.15) is 60.9 Å². The number of piperidine rings is 1. The van der Waals surface area contributed by atoms with Crippen LogP contribution in [0.4, 0.5) is 0 Å². The van der Waals surface area contributed by atoms with E-state index < -0.39 is 5.97 Å². The molecule has 1 saturated carbocycles. The van der Waals surface area contributed by atoms with Gasteiger partial charge in [-0.2, -0.15) is 0 Å². The van der Waals surface area contributed by atoms with Crippen LogP contribution >= 0.6 is 0 Å². The number of aliphatic carboxylic acids is 1. The van der Waals surface area contributed by atoms with E-state index >= 15 is 0 Å². The molecular weight excluding hydrogens is 282 g/mol. The van der Waals surface area contributed by atoms with Crippen LogP contribution in [0.3, 0.4) is 0 Å². The third-order valence-corrected chi connectivity index (χ3v) is 5.27. The zero-order chi connectivity index (χ0) is 16.1. The summed E-state index contributed by atoms with van der Waals surface area (Å²) in [6.45, 7) is 7.19. The number of aryl methyl sites for hydroxylation is 1. The van der Waals surface area contributed by atoms with Gasteiger partial charge in [0.15, 0.2) is 0 Å². The fourth-order valence-corrected chi connectivity index (χ4v) is 3.58. The summed E-state index contributed by atoms with van der Waals surface area (Å²) in [5, 5.41) is 9.12. The van der Waals surface area contributed by atoms with E-state index in [0.29, 0.717) is 24.4 Å². The Labute approximate surface area is 130 Å². The average Bonchev–Trinajstić information content (AvgIpc) is 3.02. The van der Waals surface area contributed by atoms with Gasteiger partial charge in [-0.3, -0.25) is 9.59 Å². The smallest absolute Gasteiger partial charge is 0.307 e. The number of likely N-dealkylation sites (tertiary alicyclic amines) is 1. The first-order chi connectivity index (χ1) is 10.3. The van der Waals surface area contributed by atoms with Crippen molar-refractivity contribution in [2.24, 2.45) is 11.3 Å². The Hall–Kier alpha value is -1.78. The van der Waals surface area contributed by atoms with E-state index in [1.54, 1.807) is 0 Å². The van der Waals surface area contributed by atoms with Gasteiger partial charge in [-0.15, -0.1) is 0 Å². The molecule has 1 aliphatic heterocycles. The molecule has 0 radical (unpaired) electrons. The first-order valence-electron chi connectivity index (χ1n) is 7.96. The monoisotopic (exact) mass is 305 g/mol. The van der Waals surface area contributed by atoms with Crippen molar-refractivity contribution in [1.29, 1.82) is 0 Å². The molecule has 3 rings (SSSR count). The van der Waals surface area contributed by atoms with E-state index in [1.165, 1.54) is 0 Å². The Kier molecular flexibility index (Phi) is 3.54. The predicted molar refractivity (Wildman–Crippen MR) is 80.8 cm³/mol. The molecule has 1 aromatic heterocycles. The molecule has 2 fully saturated rings. The molecule has 1 unspecified atom stereocenters. The maximum absolute atomic E-state index is 12.7. The maximum atomic E-state index is 12.7. The Morgan fingerprint density at radius 2 is 2.00 bits per heavy atom. The molecule has 5 nitrogen and oxygen atoms in total. The van der Waals surface area contributed by atoms with Crippen LogP contribution in [0.25, 0.3) is 0 Å². The molecule has 1 atom stereocenters. The first kappa shape index (κ1) is 15.1. The van der Waals surface area contributed by atoms with Gasteiger partial charge >= 0.3 is 5.97 Å². The Morgan fingerprint density at radius 1 is 1.36 bits per heavy atom. The van der Waals surface area contributed by atoms with Crippen molar-refractivity contribution in [2.75, 3.05) is 13.1 Å². The molecule has 2 heterocycles. The molecule has 1 N–H and O–H groups in total. The van der Waals surface area contributed by atoms with E-state index in [9.17, 15) is 9.59 Å². The number of carbonyl (C=O) groups excluding carboxylic acids is 1. The lowest BCUT2D eigenvalue weighted by Crippen LogP contribution is -2.40. The minimum Gasteiger partial charge on any atom is -0.481 e. The lowest BCUT2D eigenvalue weighted by molar-refractivity contribution is -0.139. The zero-order valence-corrected chi connectivity index (χ0v) is 13.4. The minimum absolute atomic E-state index is 0.00975. The molecule has 1 aromatic rings. The Balaban J connectivity index is 1.67. The molecule has 120 valence electrons. The Morgan fingerprint density at radius 3 is 2.45 bits per heavy atom. The van der Waals surface area contributed by atoms with Crippen molar-refractivity contribution in [2.45, 2.75) is 46.0 Å². The average molecular weight is 305 g/mol. The third kappa shape index (κ3) is 2.42. The minimum atomic E-state index is -0.688. The molecule has 0 bridgehead atoms. The van der Waals surface area contributed by atoms with Gasteiger partial charge in [0.2, 0.25) is 0 Å². The van der Waals surface area contributed by atoms with Crippen LogP contribution < -0.4 is 0 Å². The van der Waals surface area contributed by atoms with Crippen LogP contribution in [0.15, 0.2) is 10.5 Å². The summed E-state index contributed by atoms with van der Waals surface area (Å²) in [7, 11) is 0. The van der Waals surface area contributed by atoms with E-state index in [2.05, 4.69) is 0 Å². The number of amides is 1. The molecule has 1 aliphatic carbocycles. The molecule has 1 spiro atoms. The van der Waals surface area contributed by atoms with Gasteiger partial charge in [0, 0.05) is 19.0 Å². The fourth-order valence-electron chi connectivity index (χ4n) is 3.58. The van der Waals surface area contributed by atoms with Gasteiger partial charge < -0.3 is 14.4 Å². The number of nitrogens with zero attached hydrogens (tertiary/aromatic N) is 1. The second kappa shape index (κ2) is 5.14. The number of carboxylic acids is 1. The standard InChI is InChI=1S/C17H23NO4/c1-10(2)14-8-12(11(3)22-14)15(19)18-6-4-17(5-7-18)9-13(17)16(20)21/h8,10,13H,4-7,9H2,1-3H3,(H,20,21). The number of carbonyl (C=O) groups is 2. The van der Waals surface area contributed by atoms with Crippen molar-refractivity contribution in [3.63, 3.8) is 0 Å². The number of carboxylic acid groups (broad SMARTS) is 1.